The van der Waals surface area contributed by atoms with Crippen molar-refractivity contribution in [2.45, 2.75) is 12.8 Å². The van der Waals surface area contributed by atoms with E-state index in [0.717, 1.165) is 11.8 Å². The third-order valence-electron chi connectivity index (χ3n) is 0.542. The third-order valence-corrected chi connectivity index (χ3v) is 1.10. The van der Waals surface area contributed by atoms with Gasteiger partial charge >= 0.3 is 23.1 Å². The molecule has 0 radical (unpaired) electrons. The van der Waals surface area contributed by atoms with E-state index in [0.29, 0.717) is 0 Å². The molecular formula is C5H9BrMg+2. The molecule has 0 unspecified atom stereocenters. The smallest absolute Gasteiger partial charge is 0.103 e. The Morgan fingerprint density at radius 3 is 2.29 bits per heavy atom. The first-order valence-corrected chi connectivity index (χ1v) is 3.21. The van der Waals surface area contributed by atoms with Gasteiger partial charge in [-0.1, -0.05) is 22.0 Å². The van der Waals surface area contributed by atoms with Gasteiger partial charge in [-0.25, -0.2) is 0 Å². The molecule has 0 saturated heterocycles. The maximum Gasteiger partial charge on any atom is 2.00 e. The van der Waals surface area contributed by atoms with Gasteiger partial charge in [0.1, 0.15) is 0 Å². The predicted octanol–water partition coefficient (Wildman–Crippen LogP) is 1.97. The first-order chi connectivity index (χ1) is 2.91. The van der Waals surface area contributed by atoms with Gasteiger partial charge in [-0.2, -0.15) is 0 Å². The molecule has 7 heavy (non-hydrogen) atoms. The van der Waals surface area contributed by atoms with E-state index in [1.165, 1.54) is 6.42 Å². The van der Waals surface area contributed by atoms with E-state index in [4.69, 9.17) is 0 Å². The van der Waals surface area contributed by atoms with Crippen molar-refractivity contribution < 1.29 is 0 Å². The van der Waals surface area contributed by atoms with Crippen molar-refractivity contribution in [3.63, 3.8) is 0 Å². The Balaban J connectivity index is 0. The van der Waals surface area contributed by atoms with Crippen molar-refractivity contribution in [3.8, 4) is 0 Å². The molecule has 0 spiro atoms. The fourth-order valence-corrected chi connectivity index (χ4v) is 0.545. The summed E-state index contributed by atoms with van der Waals surface area (Å²) in [5.74, 6) is 0. The average molecular weight is 173 g/mol. The van der Waals surface area contributed by atoms with Crippen LogP contribution in [0.1, 0.15) is 12.8 Å². The second kappa shape index (κ2) is 10.1. The minimum atomic E-state index is 0. The van der Waals surface area contributed by atoms with Crippen LogP contribution in [0.25, 0.3) is 0 Å². The number of allylic oxidation sites excluding steroid dienone is 1. The predicted molar refractivity (Wildman–Crippen MR) is 39.0 cm³/mol. The molecule has 2 heteroatoms. The molecule has 0 aliphatic rings. The Labute approximate surface area is 69.6 Å². The summed E-state index contributed by atoms with van der Waals surface area (Å²) < 4.78 is 0. The molecule has 0 N–H and O–H groups in total. The van der Waals surface area contributed by atoms with Crippen LogP contribution in [0.15, 0.2) is 12.7 Å². The van der Waals surface area contributed by atoms with Crippen LogP contribution in [0.4, 0.5) is 0 Å². The summed E-state index contributed by atoms with van der Waals surface area (Å²) in [6.07, 6.45) is 4.27. The Bertz CT molecular complexity index is 37.1. The van der Waals surface area contributed by atoms with Gasteiger partial charge in [-0.05, 0) is 12.8 Å². The fraction of sp³-hybridized carbons (Fsp3) is 0.600. The van der Waals surface area contributed by atoms with E-state index in [9.17, 15) is 0 Å². The summed E-state index contributed by atoms with van der Waals surface area (Å²) in [6.45, 7) is 3.58. The van der Waals surface area contributed by atoms with Crippen LogP contribution in [-0.2, 0) is 0 Å². The van der Waals surface area contributed by atoms with Gasteiger partial charge in [0.25, 0.3) is 0 Å². The molecule has 0 saturated carbocycles. The van der Waals surface area contributed by atoms with Crippen LogP contribution >= 0.6 is 15.9 Å². The van der Waals surface area contributed by atoms with Crippen LogP contribution in [0, 0.1) is 0 Å². The maximum atomic E-state index is 3.58. The van der Waals surface area contributed by atoms with E-state index in [2.05, 4.69) is 22.5 Å². The zero-order valence-corrected chi connectivity index (χ0v) is 7.49. The van der Waals surface area contributed by atoms with Gasteiger partial charge in [-0.3, -0.25) is 0 Å². The second-order valence-corrected chi connectivity index (χ2v) is 1.91. The van der Waals surface area contributed by atoms with E-state index < -0.39 is 0 Å². The molecule has 0 aromatic heterocycles. The van der Waals surface area contributed by atoms with Gasteiger partial charge in [-0.15, -0.1) is 6.58 Å². The van der Waals surface area contributed by atoms with Crippen molar-refractivity contribution in [2.75, 3.05) is 5.33 Å². The van der Waals surface area contributed by atoms with Crippen LogP contribution in [0.5, 0.6) is 0 Å². The van der Waals surface area contributed by atoms with E-state index in [1.54, 1.807) is 0 Å². The number of hydrogen-bond donors (Lipinski definition) is 0. The average Bonchev–Trinajstić information content (AvgIpc) is 1.61. The van der Waals surface area contributed by atoms with Crippen LogP contribution in [-0.4, -0.2) is 28.4 Å². The molecule has 0 aliphatic heterocycles. The fourth-order valence-electron chi connectivity index (χ4n) is 0.221. The standard InChI is InChI=1S/C5H9Br.Mg/c1-2-3-4-5-6;/h2H,1,3-5H2;/q;+2. The van der Waals surface area contributed by atoms with Gasteiger partial charge in [0.2, 0.25) is 0 Å². The number of alkyl halides is 1. The SMILES string of the molecule is C=CCCCBr.[Mg+2]. The molecule has 0 aliphatic carbocycles. The van der Waals surface area contributed by atoms with Crippen molar-refractivity contribution in [2.24, 2.45) is 0 Å². The first kappa shape index (κ1) is 10.9. The molecule has 0 bridgehead atoms. The summed E-state index contributed by atoms with van der Waals surface area (Å²) in [7, 11) is 0. The monoisotopic (exact) mass is 172 g/mol. The quantitative estimate of drug-likeness (QED) is 0.265. The van der Waals surface area contributed by atoms with Crippen molar-refractivity contribution in [1.29, 1.82) is 0 Å². The summed E-state index contributed by atoms with van der Waals surface area (Å²) in [5, 5.41) is 1.10. The second-order valence-electron chi connectivity index (χ2n) is 1.12. The van der Waals surface area contributed by atoms with Gasteiger partial charge in [0.05, 0.1) is 0 Å². The van der Waals surface area contributed by atoms with Crippen molar-refractivity contribution >= 4 is 39.0 Å². The molecule has 0 aromatic carbocycles. The number of hydrogen-bond acceptors (Lipinski definition) is 0. The molecule has 0 rings (SSSR count). The molecule has 0 atom stereocenters. The molecule has 0 fully saturated rings. The van der Waals surface area contributed by atoms with Gasteiger partial charge in [0, 0.05) is 5.33 Å². The normalized spacial score (nSPS) is 7.00. The Morgan fingerprint density at radius 1 is 1.57 bits per heavy atom. The Morgan fingerprint density at radius 2 is 2.14 bits per heavy atom. The Hall–Kier alpha value is 0.986. The van der Waals surface area contributed by atoms with Crippen molar-refractivity contribution in [1.82, 2.24) is 0 Å². The minimum Gasteiger partial charge on any atom is -0.103 e. The molecule has 36 valence electrons. The zero-order valence-electron chi connectivity index (χ0n) is 4.49. The van der Waals surface area contributed by atoms with E-state index >= 15 is 0 Å². The van der Waals surface area contributed by atoms with E-state index in [-0.39, 0.29) is 23.1 Å². The summed E-state index contributed by atoms with van der Waals surface area (Å²) in [4.78, 5) is 0. The minimum absolute atomic E-state index is 0. The third kappa shape index (κ3) is 10.9. The van der Waals surface area contributed by atoms with Crippen LogP contribution in [0.3, 0.4) is 0 Å². The zero-order chi connectivity index (χ0) is 4.83. The summed E-state index contributed by atoms with van der Waals surface area (Å²) in [5.41, 5.74) is 0. The van der Waals surface area contributed by atoms with E-state index in [1.807, 2.05) is 6.08 Å². The number of rotatable bonds is 3. The molecular weight excluding hydrogens is 164 g/mol. The number of halogens is 1. The summed E-state index contributed by atoms with van der Waals surface area (Å²) in [6, 6.07) is 0. The molecule has 0 nitrogen and oxygen atoms in total. The summed E-state index contributed by atoms with van der Waals surface area (Å²) >= 11 is 3.30. The molecule has 0 heterocycles. The number of unbranched alkanes of at least 4 members (excludes halogenated alkanes) is 1. The maximum absolute atomic E-state index is 3.58. The topological polar surface area (TPSA) is 0 Å². The van der Waals surface area contributed by atoms with Crippen molar-refractivity contribution in [3.05, 3.63) is 12.7 Å². The molecule has 0 aromatic rings. The first-order valence-electron chi connectivity index (χ1n) is 2.08. The Kier molecular flexibility index (Phi) is 15.6. The molecule has 0 amide bonds. The van der Waals surface area contributed by atoms with Gasteiger partial charge < -0.3 is 0 Å². The van der Waals surface area contributed by atoms with Crippen LogP contribution in [0.2, 0.25) is 0 Å². The largest absolute Gasteiger partial charge is 2.00 e. The van der Waals surface area contributed by atoms with Crippen LogP contribution < -0.4 is 0 Å². The van der Waals surface area contributed by atoms with Gasteiger partial charge in [0.15, 0.2) is 0 Å².